The normalized spacial score (nSPS) is 20.8. The molecule has 4 aromatic rings. The standard InChI is InChI=1S/C25H28N6O3S/c1-3-18-14-29(23(32)12-17-6-7-17)15-20(18)24-28-27-22-13-26-25-21(31(22)24)10-11-30(25)35(33,34)19-8-4-16(2)5-9-19/h4-5,8-11,13,17-18,20H,3,6-7,12,14-15H2,1-2H3/t18-,20+/m0/s1. The smallest absolute Gasteiger partial charge is 0.269 e. The Kier molecular flexibility index (Phi) is 5.17. The highest BCUT2D eigenvalue weighted by molar-refractivity contribution is 7.90. The summed E-state index contributed by atoms with van der Waals surface area (Å²) in [7, 11) is -3.82. The van der Waals surface area contributed by atoms with Crippen LogP contribution in [0.4, 0.5) is 0 Å². The SMILES string of the molecule is CC[C@H]1CN(C(=O)CC2CC2)C[C@H]1c1nnc2cnc3c(ccn3S(=O)(=O)c3ccc(C)cc3)n12. The maximum absolute atomic E-state index is 13.4. The van der Waals surface area contributed by atoms with Crippen LogP contribution in [0.25, 0.3) is 16.8 Å². The summed E-state index contributed by atoms with van der Waals surface area (Å²) in [6, 6.07) is 8.53. The Morgan fingerprint density at radius 3 is 2.57 bits per heavy atom. The Morgan fingerprint density at radius 2 is 1.86 bits per heavy atom. The Balaban J connectivity index is 1.41. The van der Waals surface area contributed by atoms with E-state index in [0.717, 1.165) is 37.2 Å². The molecule has 9 nitrogen and oxygen atoms in total. The zero-order valence-electron chi connectivity index (χ0n) is 19.8. The van der Waals surface area contributed by atoms with Gasteiger partial charge in [0.25, 0.3) is 10.0 Å². The van der Waals surface area contributed by atoms with Gasteiger partial charge in [0.2, 0.25) is 5.91 Å². The molecule has 0 N–H and O–H groups in total. The number of carbonyl (C=O) groups excluding carboxylic acids is 1. The summed E-state index contributed by atoms with van der Waals surface area (Å²) in [6.07, 6.45) is 6.96. The van der Waals surface area contributed by atoms with E-state index in [-0.39, 0.29) is 22.6 Å². The van der Waals surface area contributed by atoms with Crippen LogP contribution in [0.1, 0.15) is 49.9 Å². The Hall–Kier alpha value is -3.27. The molecule has 1 saturated heterocycles. The van der Waals surface area contributed by atoms with E-state index in [9.17, 15) is 13.2 Å². The van der Waals surface area contributed by atoms with Gasteiger partial charge >= 0.3 is 0 Å². The van der Waals surface area contributed by atoms with Crippen molar-refractivity contribution in [3.63, 3.8) is 0 Å². The van der Waals surface area contributed by atoms with Crippen LogP contribution in [0.15, 0.2) is 47.6 Å². The van der Waals surface area contributed by atoms with Crippen LogP contribution >= 0.6 is 0 Å². The van der Waals surface area contributed by atoms with Gasteiger partial charge < -0.3 is 4.90 Å². The summed E-state index contributed by atoms with van der Waals surface area (Å²) < 4.78 is 29.9. The van der Waals surface area contributed by atoms with Gasteiger partial charge in [0.15, 0.2) is 11.3 Å². The lowest BCUT2D eigenvalue weighted by molar-refractivity contribution is -0.130. The molecule has 3 aromatic heterocycles. The van der Waals surface area contributed by atoms with Crippen molar-refractivity contribution in [3.8, 4) is 0 Å². The van der Waals surface area contributed by atoms with E-state index in [0.29, 0.717) is 35.7 Å². The van der Waals surface area contributed by atoms with Gasteiger partial charge in [0.05, 0.1) is 16.6 Å². The first kappa shape index (κ1) is 22.2. The fraction of sp³-hybridized carbons (Fsp3) is 0.440. The highest BCUT2D eigenvalue weighted by atomic mass is 32.2. The first-order valence-electron chi connectivity index (χ1n) is 12.2. The first-order chi connectivity index (χ1) is 16.9. The van der Waals surface area contributed by atoms with Gasteiger partial charge in [-0.15, -0.1) is 10.2 Å². The highest BCUT2D eigenvalue weighted by Gasteiger charge is 2.39. The molecule has 2 aliphatic rings. The number of benzene rings is 1. The molecule has 1 aromatic carbocycles. The number of fused-ring (bicyclic) bond motifs is 3. The first-order valence-corrected chi connectivity index (χ1v) is 13.6. The van der Waals surface area contributed by atoms with Crippen molar-refractivity contribution in [2.24, 2.45) is 11.8 Å². The Bertz CT molecular complexity index is 1530. The lowest BCUT2D eigenvalue weighted by Crippen LogP contribution is -2.29. The van der Waals surface area contributed by atoms with Crippen molar-refractivity contribution >= 4 is 32.7 Å². The average Bonchev–Trinajstić information content (AvgIpc) is 3.25. The summed E-state index contributed by atoms with van der Waals surface area (Å²) >= 11 is 0. The topological polar surface area (TPSA) is 102 Å². The molecule has 10 heteroatoms. The molecular weight excluding hydrogens is 464 g/mol. The molecule has 6 rings (SSSR count). The largest absolute Gasteiger partial charge is 0.342 e. The van der Waals surface area contributed by atoms with Crippen molar-refractivity contribution in [2.45, 2.75) is 50.3 Å². The lowest BCUT2D eigenvalue weighted by Gasteiger charge is -2.16. The second kappa shape index (κ2) is 8.15. The fourth-order valence-corrected chi connectivity index (χ4v) is 6.49. The van der Waals surface area contributed by atoms with Crippen molar-refractivity contribution in [1.82, 2.24) is 28.5 Å². The van der Waals surface area contributed by atoms with Crippen LogP contribution in [0.5, 0.6) is 0 Å². The maximum Gasteiger partial charge on any atom is 0.269 e. The van der Waals surface area contributed by atoms with Crippen LogP contribution in [-0.4, -0.2) is 55.9 Å². The van der Waals surface area contributed by atoms with E-state index in [1.165, 1.54) is 10.2 Å². The summed E-state index contributed by atoms with van der Waals surface area (Å²) in [4.78, 5) is 19.4. The van der Waals surface area contributed by atoms with Crippen LogP contribution in [0.2, 0.25) is 0 Å². The van der Waals surface area contributed by atoms with Crippen molar-refractivity contribution in [2.75, 3.05) is 13.1 Å². The number of likely N-dealkylation sites (tertiary alicyclic amines) is 1. The average molecular weight is 493 g/mol. The Morgan fingerprint density at radius 1 is 1.09 bits per heavy atom. The van der Waals surface area contributed by atoms with Gasteiger partial charge in [0.1, 0.15) is 5.82 Å². The maximum atomic E-state index is 13.4. The number of aryl methyl sites for hydroxylation is 1. The van der Waals surface area contributed by atoms with Crippen LogP contribution in [0.3, 0.4) is 0 Å². The van der Waals surface area contributed by atoms with Gasteiger partial charge in [-0.3, -0.25) is 9.20 Å². The van der Waals surface area contributed by atoms with E-state index < -0.39 is 10.0 Å². The van der Waals surface area contributed by atoms with Crippen LogP contribution in [0, 0.1) is 18.8 Å². The van der Waals surface area contributed by atoms with Crippen LogP contribution < -0.4 is 0 Å². The number of carbonyl (C=O) groups is 1. The number of hydrogen-bond acceptors (Lipinski definition) is 6. The molecule has 182 valence electrons. The summed E-state index contributed by atoms with van der Waals surface area (Å²) in [5, 5.41) is 8.85. The minimum absolute atomic E-state index is 0.0285. The van der Waals surface area contributed by atoms with Gasteiger partial charge in [-0.25, -0.2) is 17.4 Å². The molecule has 1 amide bonds. The summed E-state index contributed by atoms with van der Waals surface area (Å²) in [6.45, 7) is 5.38. The second-order valence-electron chi connectivity index (χ2n) is 9.87. The molecule has 0 spiro atoms. The minimum Gasteiger partial charge on any atom is -0.342 e. The number of rotatable bonds is 6. The van der Waals surface area contributed by atoms with Gasteiger partial charge in [-0.05, 0) is 49.8 Å². The monoisotopic (exact) mass is 492 g/mol. The van der Waals surface area contributed by atoms with E-state index in [1.54, 1.807) is 36.5 Å². The van der Waals surface area contributed by atoms with E-state index in [2.05, 4.69) is 22.1 Å². The predicted octanol–water partition coefficient (Wildman–Crippen LogP) is 3.38. The van der Waals surface area contributed by atoms with E-state index in [4.69, 9.17) is 0 Å². The second-order valence-corrected chi connectivity index (χ2v) is 11.7. The van der Waals surface area contributed by atoms with Gasteiger partial charge in [-0.2, -0.15) is 0 Å². The molecule has 0 unspecified atom stereocenters. The summed E-state index contributed by atoms with van der Waals surface area (Å²) in [5.74, 6) is 1.83. The van der Waals surface area contributed by atoms with Gasteiger partial charge in [0, 0.05) is 31.6 Å². The molecule has 0 bridgehead atoms. The van der Waals surface area contributed by atoms with Crippen molar-refractivity contribution < 1.29 is 13.2 Å². The van der Waals surface area contributed by atoms with Gasteiger partial charge in [-0.1, -0.05) is 31.0 Å². The number of aromatic nitrogens is 5. The third-order valence-corrected chi connectivity index (χ3v) is 9.13. The number of amides is 1. The number of nitrogens with zero attached hydrogens (tertiary/aromatic N) is 6. The molecule has 35 heavy (non-hydrogen) atoms. The lowest BCUT2D eigenvalue weighted by atomic mass is 9.93. The minimum atomic E-state index is -3.82. The fourth-order valence-electron chi connectivity index (χ4n) is 5.19. The molecule has 1 aliphatic heterocycles. The molecule has 4 heterocycles. The van der Waals surface area contributed by atoms with Crippen LogP contribution in [-0.2, 0) is 14.8 Å². The van der Waals surface area contributed by atoms with E-state index in [1.807, 2.05) is 16.2 Å². The zero-order valence-corrected chi connectivity index (χ0v) is 20.6. The molecule has 0 radical (unpaired) electrons. The molecule has 1 aliphatic carbocycles. The quantitative estimate of drug-likeness (QED) is 0.409. The highest BCUT2D eigenvalue weighted by Crippen LogP contribution is 2.38. The third kappa shape index (κ3) is 3.71. The molecule has 2 fully saturated rings. The van der Waals surface area contributed by atoms with Crippen molar-refractivity contribution in [3.05, 3.63) is 54.1 Å². The molecular formula is C25H28N6O3S. The summed E-state index contributed by atoms with van der Waals surface area (Å²) in [5.41, 5.74) is 2.51. The van der Waals surface area contributed by atoms with Crippen molar-refractivity contribution in [1.29, 1.82) is 0 Å². The predicted molar refractivity (Wildman–Crippen MR) is 130 cm³/mol. The molecule has 2 atom stereocenters. The molecule has 1 saturated carbocycles. The number of hydrogen-bond donors (Lipinski definition) is 0. The Labute approximate surface area is 203 Å². The van der Waals surface area contributed by atoms with E-state index >= 15 is 0 Å². The third-order valence-electron chi connectivity index (χ3n) is 7.45. The zero-order chi connectivity index (χ0) is 24.3.